The molecule has 2 heterocycles. The zero-order valence-corrected chi connectivity index (χ0v) is 8.58. The van der Waals surface area contributed by atoms with Crippen LogP contribution in [0.15, 0.2) is 0 Å². The molecule has 0 aromatic carbocycles. The van der Waals surface area contributed by atoms with Crippen molar-refractivity contribution in [1.82, 2.24) is 0 Å². The molecule has 0 aromatic rings. The van der Waals surface area contributed by atoms with Crippen molar-refractivity contribution < 1.29 is 9.47 Å². The van der Waals surface area contributed by atoms with Crippen molar-refractivity contribution in [2.24, 2.45) is 11.7 Å². The van der Waals surface area contributed by atoms with E-state index in [0.29, 0.717) is 9.84 Å². The van der Waals surface area contributed by atoms with E-state index in [2.05, 4.69) is 29.5 Å². The number of fused-ring (bicyclic) bond motifs is 1. The summed E-state index contributed by atoms with van der Waals surface area (Å²) in [5, 5.41) is 0. The van der Waals surface area contributed by atoms with Crippen molar-refractivity contribution >= 4 is 22.6 Å². The normalized spacial score (nSPS) is 56.5. The predicted molar refractivity (Wildman–Crippen MR) is 49.6 cm³/mol. The molecule has 2 rings (SSSR count). The number of halogens is 1. The zero-order chi connectivity index (χ0) is 8.06. The summed E-state index contributed by atoms with van der Waals surface area (Å²) in [5.74, 6) is 0.326. The van der Waals surface area contributed by atoms with E-state index in [1.807, 2.05) is 0 Å². The van der Waals surface area contributed by atoms with Gasteiger partial charge >= 0.3 is 0 Å². The fraction of sp³-hybridized carbons (Fsp3) is 1.00. The first-order valence-electron chi connectivity index (χ1n) is 3.83. The van der Waals surface area contributed by atoms with Gasteiger partial charge in [0.15, 0.2) is 0 Å². The third-order valence-electron chi connectivity index (χ3n) is 2.56. The Bertz CT molecular complexity index is 178. The van der Waals surface area contributed by atoms with Crippen molar-refractivity contribution in [3.05, 3.63) is 0 Å². The number of rotatable bonds is 0. The first kappa shape index (κ1) is 8.22. The highest BCUT2D eigenvalue weighted by Gasteiger charge is 2.55. The van der Waals surface area contributed by atoms with Crippen LogP contribution in [0.25, 0.3) is 0 Å². The minimum absolute atomic E-state index is 0.109. The largest absolute Gasteiger partial charge is 0.372 e. The molecule has 0 unspecified atom stereocenters. The van der Waals surface area contributed by atoms with Gasteiger partial charge in [-0.1, -0.05) is 29.5 Å². The van der Waals surface area contributed by atoms with Gasteiger partial charge in [-0.3, -0.25) is 0 Å². The summed E-state index contributed by atoms with van der Waals surface area (Å²) >= 11 is 2.34. The van der Waals surface area contributed by atoms with E-state index in [4.69, 9.17) is 15.2 Å². The van der Waals surface area contributed by atoms with Crippen LogP contribution >= 0.6 is 22.6 Å². The summed E-state index contributed by atoms with van der Waals surface area (Å²) in [6, 6.07) is 0. The predicted octanol–water partition coefficient (Wildman–Crippen LogP) is 0.510. The lowest BCUT2D eigenvalue weighted by molar-refractivity contribution is -0.0344. The number of hydrogen-bond acceptors (Lipinski definition) is 3. The van der Waals surface area contributed by atoms with Crippen molar-refractivity contribution in [3.8, 4) is 0 Å². The van der Waals surface area contributed by atoms with Gasteiger partial charge in [-0.15, -0.1) is 0 Å². The highest BCUT2D eigenvalue weighted by atomic mass is 127. The standard InChI is InChI=1S/C7H12INO2/c1-4-2-10-6-5(8)3-11-7(4,6)9/h4-6H,2-3,9H2,1H3/t4-,5+,6-,7-/m1/s1. The molecule has 2 aliphatic heterocycles. The Morgan fingerprint density at radius 3 is 2.91 bits per heavy atom. The van der Waals surface area contributed by atoms with Crippen LogP contribution in [0.2, 0.25) is 0 Å². The molecule has 0 saturated carbocycles. The molecule has 4 heteroatoms. The minimum atomic E-state index is -0.494. The third kappa shape index (κ3) is 1.03. The van der Waals surface area contributed by atoms with Crippen LogP contribution in [0.5, 0.6) is 0 Å². The van der Waals surface area contributed by atoms with Gasteiger partial charge in [0.1, 0.15) is 11.8 Å². The SMILES string of the molecule is C[C@@H]1CO[C@@H]2[C@@H](I)CO[C@]12N. The van der Waals surface area contributed by atoms with Crippen LogP contribution in [0.1, 0.15) is 6.92 Å². The van der Waals surface area contributed by atoms with E-state index in [1.165, 1.54) is 0 Å². The summed E-state index contributed by atoms with van der Waals surface area (Å²) in [7, 11) is 0. The summed E-state index contributed by atoms with van der Waals surface area (Å²) in [6.07, 6.45) is 0.109. The lowest BCUT2D eigenvalue weighted by Crippen LogP contribution is -2.50. The zero-order valence-electron chi connectivity index (χ0n) is 6.42. The van der Waals surface area contributed by atoms with Gasteiger partial charge in [-0.05, 0) is 0 Å². The Hall–Kier alpha value is 0.610. The van der Waals surface area contributed by atoms with Crippen molar-refractivity contribution in [2.75, 3.05) is 13.2 Å². The van der Waals surface area contributed by atoms with Gasteiger partial charge in [0.05, 0.1) is 17.1 Å². The Labute approximate surface area is 79.7 Å². The Morgan fingerprint density at radius 2 is 2.27 bits per heavy atom. The van der Waals surface area contributed by atoms with Gasteiger partial charge in [-0.2, -0.15) is 0 Å². The van der Waals surface area contributed by atoms with Crippen LogP contribution < -0.4 is 5.73 Å². The average molecular weight is 269 g/mol. The van der Waals surface area contributed by atoms with E-state index >= 15 is 0 Å². The molecule has 4 atom stereocenters. The average Bonchev–Trinajstić information content (AvgIpc) is 2.39. The molecule has 2 N–H and O–H groups in total. The Kier molecular flexibility index (Phi) is 1.90. The second-order valence-electron chi connectivity index (χ2n) is 3.34. The number of ether oxygens (including phenoxy) is 2. The molecule has 0 radical (unpaired) electrons. The van der Waals surface area contributed by atoms with Crippen molar-refractivity contribution in [3.63, 3.8) is 0 Å². The molecule has 0 amide bonds. The topological polar surface area (TPSA) is 44.5 Å². The molecule has 3 nitrogen and oxygen atoms in total. The van der Waals surface area contributed by atoms with E-state index < -0.39 is 5.72 Å². The summed E-state index contributed by atoms with van der Waals surface area (Å²) < 4.78 is 11.5. The molecule has 0 spiro atoms. The van der Waals surface area contributed by atoms with Crippen LogP contribution in [-0.4, -0.2) is 29.0 Å². The fourth-order valence-corrected chi connectivity index (χ4v) is 2.66. The highest BCUT2D eigenvalue weighted by molar-refractivity contribution is 14.1. The molecule has 11 heavy (non-hydrogen) atoms. The van der Waals surface area contributed by atoms with Crippen molar-refractivity contribution in [2.45, 2.75) is 22.7 Å². The summed E-state index contributed by atoms with van der Waals surface area (Å²) in [4.78, 5) is 0. The summed E-state index contributed by atoms with van der Waals surface area (Å²) in [6.45, 7) is 3.54. The maximum Gasteiger partial charge on any atom is 0.149 e. The van der Waals surface area contributed by atoms with Crippen LogP contribution in [-0.2, 0) is 9.47 Å². The van der Waals surface area contributed by atoms with Gasteiger partial charge in [-0.25, -0.2) is 0 Å². The van der Waals surface area contributed by atoms with Gasteiger partial charge in [0, 0.05) is 5.92 Å². The quantitative estimate of drug-likeness (QED) is 0.515. The molecule has 2 fully saturated rings. The van der Waals surface area contributed by atoms with Crippen LogP contribution in [0, 0.1) is 5.92 Å². The lowest BCUT2D eigenvalue weighted by Gasteiger charge is -2.25. The molecule has 0 aromatic heterocycles. The minimum Gasteiger partial charge on any atom is -0.372 e. The highest BCUT2D eigenvalue weighted by Crippen LogP contribution is 2.39. The lowest BCUT2D eigenvalue weighted by atomic mass is 9.97. The van der Waals surface area contributed by atoms with E-state index in [1.54, 1.807) is 0 Å². The molecule has 64 valence electrons. The van der Waals surface area contributed by atoms with Gasteiger partial charge < -0.3 is 15.2 Å². The first-order chi connectivity index (χ1) is 5.14. The molecular formula is C7H12INO2. The summed E-state index contributed by atoms with van der Waals surface area (Å²) in [5.41, 5.74) is 5.55. The smallest absolute Gasteiger partial charge is 0.149 e. The van der Waals surface area contributed by atoms with Gasteiger partial charge in [0.25, 0.3) is 0 Å². The monoisotopic (exact) mass is 269 g/mol. The first-order valence-corrected chi connectivity index (χ1v) is 5.07. The second kappa shape index (κ2) is 2.55. The van der Waals surface area contributed by atoms with Crippen LogP contribution in [0.4, 0.5) is 0 Å². The number of hydrogen-bond donors (Lipinski definition) is 1. The van der Waals surface area contributed by atoms with E-state index in [0.717, 1.165) is 13.2 Å². The molecule has 2 aliphatic rings. The molecule has 0 aliphatic carbocycles. The maximum absolute atomic E-state index is 6.05. The Morgan fingerprint density at radius 1 is 1.55 bits per heavy atom. The third-order valence-corrected chi connectivity index (χ3v) is 3.57. The molecule has 0 bridgehead atoms. The Balaban J connectivity index is 2.23. The number of alkyl halides is 1. The fourth-order valence-electron chi connectivity index (χ4n) is 1.71. The van der Waals surface area contributed by atoms with Crippen molar-refractivity contribution in [1.29, 1.82) is 0 Å². The van der Waals surface area contributed by atoms with E-state index in [9.17, 15) is 0 Å². The second-order valence-corrected chi connectivity index (χ2v) is 4.94. The van der Waals surface area contributed by atoms with Crippen LogP contribution in [0.3, 0.4) is 0 Å². The maximum atomic E-state index is 6.05. The van der Waals surface area contributed by atoms with Gasteiger partial charge in [0.2, 0.25) is 0 Å². The molecular weight excluding hydrogens is 257 g/mol. The number of nitrogens with two attached hydrogens (primary N) is 1. The van der Waals surface area contributed by atoms with E-state index in [-0.39, 0.29) is 6.10 Å². The molecule has 2 saturated heterocycles.